The summed E-state index contributed by atoms with van der Waals surface area (Å²) in [5.41, 5.74) is -0.895. The maximum Gasteiger partial charge on any atom is 0.419 e. The minimum Gasteiger partial charge on any atom is -0.389 e. The van der Waals surface area contributed by atoms with Gasteiger partial charge in [-0.25, -0.2) is 14.4 Å². The lowest BCUT2D eigenvalue weighted by molar-refractivity contribution is -0.140. The van der Waals surface area contributed by atoms with Crippen LogP contribution < -0.4 is 15.4 Å². The number of aliphatic hydroxyl groups is 1. The van der Waals surface area contributed by atoms with Gasteiger partial charge in [-0.2, -0.15) is 18.3 Å². The molecule has 3 amide bonds. The van der Waals surface area contributed by atoms with Crippen molar-refractivity contribution in [3.63, 3.8) is 0 Å². The molecule has 4 aromatic rings. The van der Waals surface area contributed by atoms with Crippen LogP contribution in [-0.4, -0.2) is 109 Å². The highest BCUT2D eigenvalue weighted by atomic mass is 32.2. The second-order valence-corrected chi connectivity index (χ2v) is 20.1. The molecule has 5 heterocycles. The molecule has 1 atom stereocenters. The van der Waals surface area contributed by atoms with E-state index in [0.717, 1.165) is 82.1 Å². The van der Waals surface area contributed by atoms with Crippen LogP contribution in [0.4, 0.5) is 29.2 Å². The van der Waals surface area contributed by atoms with Gasteiger partial charge in [-0.3, -0.25) is 29.1 Å². The van der Waals surface area contributed by atoms with Gasteiger partial charge in [0.2, 0.25) is 23.7 Å². The number of nitrogens with one attached hydrogen (secondary N) is 3. The zero-order chi connectivity index (χ0) is 48.7. The third-order valence-corrected chi connectivity index (χ3v) is 14.2. The Morgan fingerprint density at radius 3 is 2.45 bits per heavy atom. The van der Waals surface area contributed by atoms with Crippen LogP contribution in [0.15, 0.2) is 66.0 Å². The van der Waals surface area contributed by atoms with Crippen molar-refractivity contribution < 1.29 is 41.8 Å². The average molecular weight is 974 g/mol. The molecule has 3 saturated heterocycles. The summed E-state index contributed by atoms with van der Waals surface area (Å²) in [6.07, 6.45) is 6.80. The number of halogens is 4. The summed E-state index contributed by atoms with van der Waals surface area (Å²) in [4.78, 5) is 50.4. The molecule has 1 saturated carbocycles. The summed E-state index contributed by atoms with van der Waals surface area (Å²) < 4.78 is 68.0. The van der Waals surface area contributed by atoms with E-state index in [4.69, 9.17) is 4.74 Å². The van der Waals surface area contributed by atoms with E-state index in [1.54, 1.807) is 19.9 Å². The van der Waals surface area contributed by atoms with Crippen molar-refractivity contribution in [2.75, 3.05) is 44.6 Å². The summed E-state index contributed by atoms with van der Waals surface area (Å²) in [5.74, 6) is 5.44. The normalized spacial score (nSPS) is 21.1. The summed E-state index contributed by atoms with van der Waals surface area (Å²) in [6, 6.07) is 12.4. The van der Waals surface area contributed by atoms with E-state index in [-0.39, 0.29) is 72.1 Å². The Balaban J connectivity index is 0.715. The number of carbonyl (C=O) groups excluding carboxylic acids is 3. The molecule has 4 fully saturated rings. The van der Waals surface area contributed by atoms with Crippen LogP contribution in [0.3, 0.4) is 0 Å². The Bertz CT molecular complexity index is 2520. The molecule has 2 aromatic carbocycles. The van der Waals surface area contributed by atoms with E-state index in [9.17, 15) is 32.7 Å². The first-order chi connectivity index (χ1) is 33.0. The Labute approximate surface area is 403 Å². The molecule has 0 radical (unpaired) electrons. The Morgan fingerprint density at radius 2 is 1.74 bits per heavy atom. The number of benzene rings is 2. The maximum atomic E-state index is 15.3. The van der Waals surface area contributed by atoms with Gasteiger partial charge in [-0.1, -0.05) is 24.0 Å². The monoisotopic (exact) mass is 973 g/mol. The molecule has 368 valence electrons. The fourth-order valence-corrected chi connectivity index (χ4v) is 10.4. The molecule has 19 heteroatoms. The fourth-order valence-electron chi connectivity index (χ4n) is 9.60. The lowest BCUT2D eigenvalue weighted by Gasteiger charge is -2.39. The van der Waals surface area contributed by atoms with Crippen LogP contribution in [0.2, 0.25) is 0 Å². The molecule has 3 aliphatic heterocycles. The number of aromatic nitrogens is 4. The van der Waals surface area contributed by atoms with Crippen molar-refractivity contribution in [1.82, 2.24) is 39.6 Å². The number of hydrogen-bond donors (Lipinski definition) is 4. The van der Waals surface area contributed by atoms with E-state index in [1.807, 2.05) is 29.2 Å². The molecule has 0 bridgehead atoms. The predicted molar refractivity (Wildman–Crippen MR) is 252 cm³/mol. The molecule has 1 unspecified atom stereocenters. The van der Waals surface area contributed by atoms with Gasteiger partial charge in [-0.15, -0.1) is 0 Å². The van der Waals surface area contributed by atoms with Gasteiger partial charge in [0.15, 0.2) is 0 Å². The second-order valence-electron chi connectivity index (χ2n) is 19.2. The highest BCUT2D eigenvalue weighted by Gasteiger charge is 2.37. The number of rotatable bonds is 14. The standard InChI is InChI=1S/C50H59F4N9O5S/c1-49(2,67)31-63-30-36(27-56-63)45-41(50(52,53)54)28-55-48(59-45)57-43-14-12-39(26-42(43)51)69-60-37-10-8-33(9-11-37)29-61-20-16-34(17-21-61)47(66)62-22-18-38(19-23-62)68-24-4-6-32-5-3-7-35(25-32)40-13-15-44(64)58-46(40)65/h3,5,7,12,14,25-28,30,33-34,37-38,40,60,67H,8-11,13,15-24,29,31H2,1-2H3,(H,55,57,59)(H,58,64,65). The molecule has 2 aromatic heterocycles. The van der Waals surface area contributed by atoms with Gasteiger partial charge in [-0.05, 0) is 138 Å². The molecule has 0 spiro atoms. The van der Waals surface area contributed by atoms with Crippen molar-refractivity contribution >= 4 is 41.3 Å². The van der Waals surface area contributed by atoms with E-state index in [1.165, 1.54) is 41.2 Å². The molecule has 69 heavy (non-hydrogen) atoms. The Kier molecular flexibility index (Phi) is 16.0. The third kappa shape index (κ3) is 13.7. The fraction of sp³-hybridized carbons (Fsp3) is 0.520. The van der Waals surface area contributed by atoms with Crippen LogP contribution in [0.1, 0.15) is 101 Å². The highest BCUT2D eigenvalue weighted by molar-refractivity contribution is 7.97. The molecular weight excluding hydrogens is 915 g/mol. The third-order valence-electron chi connectivity index (χ3n) is 13.3. The molecular formula is C50H59F4N9O5S. The van der Waals surface area contributed by atoms with Crippen LogP contribution in [0.5, 0.6) is 0 Å². The van der Waals surface area contributed by atoms with E-state index >= 15 is 4.39 Å². The smallest absolute Gasteiger partial charge is 0.389 e. The lowest BCUT2D eigenvalue weighted by Crippen LogP contribution is -2.47. The van der Waals surface area contributed by atoms with Gasteiger partial charge in [0.25, 0.3) is 0 Å². The zero-order valence-electron chi connectivity index (χ0n) is 38.9. The van der Waals surface area contributed by atoms with Crippen molar-refractivity contribution in [2.24, 2.45) is 11.8 Å². The number of imide groups is 1. The van der Waals surface area contributed by atoms with Crippen molar-refractivity contribution in [3.8, 4) is 23.1 Å². The number of amides is 3. The zero-order valence-corrected chi connectivity index (χ0v) is 39.7. The van der Waals surface area contributed by atoms with Crippen molar-refractivity contribution in [2.45, 2.75) is 119 Å². The van der Waals surface area contributed by atoms with Crippen LogP contribution in [0, 0.1) is 29.5 Å². The van der Waals surface area contributed by atoms with E-state index < -0.39 is 28.9 Å². The Hall–Kier alpha value is -5.39. The first-order valence-electron chi connectivity index (χ1n) is 23.8. The number of carbonyl (C=O) groups is 3. The lowest BCUT2D eigenvalue weighted by atomic mass is 9.85. The van der Waals surface area contributed by atoms with E-state index in [2.05, 4.69) is 47.2 Å². The maximum absolute atomic E-state index is 15.3. The number of nitrogens with zero attached hydrogens (tertiary/aromatic N) is 6. The van der Waals surface area contributed by atoms with Crippen molar-refractivity contribution in [1.29, 1.82) is 0 Å². The van der Waals surface area contributed by atoms with Gasteiger partial charge < -0.3 is 25.0 Å². The average Bonchev–Trinajstić information content (AvgIpc) is 3.78. The predicted octanol–water partition coefficient (Wildman–Crippen LogP) is 7.46. The molecule has 14 nitrogen and oxygen atoms in total. The number of likely N-dealkylation sites (tertiary alicyclic amines) is 2. The summed E-state index contributed by atoms with van der Waals surface area (Å²) in [5, 5.41) is 19.3. The molecule has 4 N–H and O–H groups in total. The first-order valence-corrected chi connectivity index (χ1v) is 24.6. The second kappa shape index (κ2) is 22.1. The van der Waals surface area contributed by atoms with Gasteiger partial charge in [0, 0.05) is 66.4 Å². The molecule has 8 rings (SSSR count). The number of piperidine rings is 3. The largest absolute Gasteiger partial charge is 0.419 e. The first kappa shape index (κ1) is 50.0. The highest BCUT2D eigenvalue weighted by Crippen LogP contribution is 2.37. The van der Waals surface area contributed by atoms with Gasteiger partial charge in [0.05, 0.1) is 41.7 Å². The summed E-state index contributed by atoms with van der Waals surface area (Å²) in [7, 11) is 0. The molecule has 4 aliphatic rings. The number of anilines is 2. The SMILES string of the molecule is CC(C)(O)Cn1cc(-c2nc(Nc3ccc(SNC4CCC(CN5CCC(C(=O)N6CCC(OCC#Cc7cccc(C8CCC(=O)NC8=O)c7)CC6)CC5)CC4)cc3F)ncc2C(F)(F)F)cn1. The minimum absolute atomic E-state index is 0.0112. The number of alkyl halides is 3. The van der Waals surface area contributed by atoms with Crippen molar-refractivity contribution in [3.05, 3.63) is 83.6 Å². The molecule has 1 aliphatic carbocycles. The minimum atomic E-state index is -4.75. The Morgan fingerprint density at radius 1 is 0.971 bits per heavy atom. The number of hydrogen-bond acceptors (Lipinski definition) is 12. The van der Waals surface area contributed by atoms with E-state index in [0.29, 0.717) is 42.9 Å². The topological polar surface area (TPSA) is 167 Å². The van der Waals surface area contributed by atoms with Gasteiger partial charge >= 0.3 is 6.18 Å². The van der Waals surface area contributed by atoms with Crippen LogP contribution >= 0.6 is 11.9 Å². The van der Waals surface area contributed by atoms with Crippen LogP contribution in [0.25, 0.3) is 11.3 Å². The quantitative estimate of drug-likeness (QED) is 0.0427. The number of ether oxygens (including phenoxy) is 1. The summed E-state index contributed by atoms with van der Waals surface area (Å²) in [6.45, 7) is 7.67. The van der Waals surface area contributed by atoms with Crippen LogP contribution in [-0.2, 0) is 31.8 Å². The summed E-state index contributed by atoms with van der Waals surface area (Å²) >= 11 is 1.35. The van der Waals surface area contributed by atoms with Gasteiger partial charge in [0.1, 0.15) is 18.0 Å².